The summed E-state index contributed by atoms with van der Waals surface area (Å²) in [5.74, 6) is -1.65. The van der Waals surface area contributed by atoms with Crippen LogP contribution in [0.4, 0.5) is 17.6 Å². The van der Waals surface area contributed by atoms with E-state index in [1.54, 1.807) is 18.2 Å². The zero-order valence-electron chi connectivity index (χ0n) is 20.8. The van der Waals surface area contributed by atoms with Crippen LogP contribution in [0.1, 0.15) is 30.0 Å². The quantitative estimate of drug-likeness (QED) is 0.219. The van der Waals surface area contributed by atoms with Gasteiger partial charge in [-0.15, -0.1) is 0 Å². The average molecular weight is 526 g/mol. The SMILES string of the molecule is CC(C)[C@H](CO)NCc1nc(-c2cccc(F)c2)ccc1F.O=Cc1nc(-c2cccc(F)c2)ccc1F. The van der Waals surface area contributed by atoms with E-state index >= 15 is 0 Å². The van der Waals surface area contributed by atoms with Crippen LogP contribution in [0, 0.1) is 29.2 Å². The van der Waals surface area contributed by atoms with Gasteiger partial charge in [-0.2, -0.15) is 0 Å². The number of hydrogen-bond acceptors (Lipinski definition) is 5. The second-order valence-electron chi connectivity index (χ2n) is 8.74. The van der Waals surface area contributed by atoms with E-state index in [9.17, 15) is 27.5 Å². The first-order valence-corrected chi connectivity index (χ1v) is 11.8. The third-order valence-corrected chi connectivity index (χ3v) is 5.68. The molecule has 0 aliphatic heterocycles. The summed E-state index contributed by atoms with van der Waals surface area (Å²) in [5, 5.41) is 12.4. The lowest BCUT2D eigenvalue weighted by Gasteiger charge is -2.20. The van der Waals surface area contributed by atoms with E-state index in [-0.39, 0.29) is 42.3 Å². The van der Waals surface area contributed by atoms with E-state index in [4.69, 9.17) is 0 Å². The van der Waals surface area contributed by atoms with Gasteiger partial charge in [-0.3, -0.25) is 4.79 Å². The van der Waals surface area contributed by atoms with Crippen molar-refractivity contribution in [1.29, 1.82) is 0 Å². The van der Waals surface area contributed by atoms with Crippen LogP contribution < -0.4 is 5.32 Å². The number of aliphatic hydroxyl groups excluding tert-OH is 1. The first kappa shape index (κ1) is 28.6. The van der Waals surface area contributed by atoms with Gasteiger partial charge in [-0.1, -0.05) is 38.1 Å². The van der Waals surface area contributed by atoms with Crippen molar-refractivity contribution >= 4 is 6.29 Å². The van der Waals surface area contributed by atoms with Gasteiger partial charge in [0.15, 0.2) is 12.1 Å². The van der Waals surface area contributed by atoms with Crippen LogP contribution in [0.2, 0.25) is 0 Å². The molecular weight excluding hydrogens is 498 g/mol. The molecule has 0 saturated carbocycles. The van der Waals surface area contributed by atoms with Gasteiger partial charge in [0, 0.05) is 23.7 Å². The number of hydrogen-bond donors (Lipinski definition) is 2. The van der Waals surface area contributed by atoms with E-state index < -0.39 is 17.5 Å². The molecule has 0 aliphatic rings. The van der Waals surface area contributed by atoms with Crippen molar-refractivity contribution in [3.05, 3.63) is 107 Å². The molecule has 2 N–H and O–H groups in total. The number of nitrogens with zero attached hydrogens (tertiary/aromatic N) is 2. The van der Waals surface area contributed by atoms with Crippen molar-refractivity contribution in [3.8, 4) is 22.5 Å². The Morgan fingerprint density at radius 3 is 1.87 bits per heavy atom. The Hall–Kier alpha value is -3.95. The minimum atomic E-state index is -0.685. The van der Waals surface area contributed by atoms with E-state index in [0.29, 0.717) is 28.8 Å². The number of aliphatic hydroxyl groups is 1. The number of aromatic nitrogens is 2. The summed E-state index contributed by atoms with van der Waals surface area (Å²) in [7, 11) is 0. The van der Waals surface area contributed by atoms with Crippen molar-refractivity contribution in [2.75, 3.05) is 6.61 Å². The van der Waals surface area contributed by atoms with Crippen molar-refractivity contribution < 1.29 is 27.5 Å². The Morgan fingerprint density at radius 1 is 0.816 bits per heavy atom. The predicted octanol–water partition coefficient (Wildman–Crippen LogP) is 5.97. The van der Waals surface area contributed by atoms with E-state index in [2.05, 4.69) is 15.3 Å². The topological polar surface area (TPSA) is 75.1 Å². The lowest BCUT2D eigenvalue weighted by Crippen LogP contribution is -2.36. The summed E-state index contributed by atoms with van der Waals surface area (Å²) in [6.45, 7) is 4.13. The molecule has 0 fully saturated rings. The fraction of sp³-hybridized carbons (Fsp3) is 0.207. The summed E-state index contributed by atoms with van der Waals surface area (Å²) in [5.41, 5.74) is 1.96. The van der Waals surface area contributed by atoms with Crippen LogP contribution in [0.5, 0.6) is 0 Å². The number of benzene rings is 2. The van der Waals surface area contributed by atoms with Crippen molar-refractivity contribution in [2.45, 2.75) is 26.4 Å². The van der Waals surface area contributed by atoms with Gasteiger partial charge < -0.3 is 10.4 Å². The summed E-state index contributed by atoms with van der Waals surface area (Å²) >= 11 is 0. The highest BCUT2D eigenvalue weighted by Crippen LogP contribution is 2.20. The van der Waals surface area contributed by atoms with Crippen LogP contribution in [0.3, 0.4) is 0 Å². The van der Waals surface area contributed by atoms with Gasteiger partial charge in [-0.25, -0.2) is 27.5 Å². The number of carbonyl (C=O) groups is 1. The number of aldehydes is 1. The van der Waals surface area contributed by atoms with Crippen LogP contribution >= 0.6 is 0 Å². The van der Waals surface area contributed by atoms with Crippen LogP contribution in [0.25, 0.3) is 22.5 Å². The van der Waals surface area contributed by atoms with Gasteiger partial charge >= 0.3 is 0 Å². The highest BCUT2D eigenvalue weighted by molar-refractivity contribution is 5.74. The molecule has 0 unspecified atom stereocenters. The van der Waals surface area contributed by atoms with Crippen molar-refractivity contribution in [3.63, 3.8) is 0 Å². The molecule has 0 radical (unpaired) electrons. The number of pyridine rings is 2. The van der Waals surface area contributed by atoms with Gasteiger partial charge in [0.25, 0.3) is 0 Å². The minimum absolute atomic E-state index is 0.0249. The van der Waals surface area contributed by atoms with E-state index in [1.165, 1.54) is 48.5 Å². The zero-order valence-corrected chi connectivity index (χ0v) is 20.8. The maximum atomic E-state index is 13.9. The second-order valence-corrected chi connectivity index (χ2v) is 8.74. The largest absolute Gasteiger partial charge is 0.395 e. The van der Waals surface area contributed by atoms with E-state index in [1.807, 2.05) is 13.8 Å². The number of carbonyl (C=O) groups excluding carboxylic acids is 1. The molecule has 4 aromatic rings. The Labute approximate surface area is 218 Å². The smallest absolute Gasteiger partial charge is 0.171 e. The third kappa shape index (κ3) is 7.77. The highest BCUT2D eigenvalue weighted by atomic mass is 19.1. The number of rotatable bonds is 8. The Morgan fingerprint density at radius 2 is 1.37 bits per heavy atom. The summed E-state index contributed by atoms with van der Waals surface area (Å²) in [4.78, 5) is 18.6. The van der Waals surface area contributed by atoms with Crippen LogP contribution in [0.15, 0.2) is 72.8 Å². The van der Waals surface area contributed by atoms with E-state index in [0.717, 1.165) is 6.07 Å². The Balaban J connectivity index is 0.000000221. The average Bonchev–Trinajstić information content (AvgIpc) is 2.90. The molecule has 0 aliphatic carbocycles. The Kier molecular flexibility index (Phi) is 10.2. The number of nitrogens with one attached hydrogen (secondary N) is 1. The molecule has 0 spiro atoms. The van der Waals surface area contributed by atoms with Crippen molar-refractivity contribution in [1.82, 2.24) is 15.3 Å². The summed E-state index contributed by atoms with van der Waals surface area (Å²) < 4.78 is 53.1. The van der Waals surface area contributed by atoms with Gasteiger partial charge in [-0.05, 0) is 54.4 Å². The first-order valence-electron chi connectivity index (χ1n) is 11.8. The maximum Gasteiger partial charge on any atom is 0.171 e. The standard InChI is InChI=1S/C17H20F2N2O.C12H7F2NO/c1-11(2)17(10-22)20-9-16-14(19)6-7-15(21-16)12-4-3-5-13(18)8-12;13-9-3-1-2-8(6-9)11-5-4-10(14)12(7-16)15-11/h3-8,11,17,20,22H,9-10H2,1-2H3;1-7H/t17-;/m0./s1. The minimum Gasteiger partial charge on any atom is -0.395 e. The highest BCUT2D eigenvalue weighted by Gasteiger charge is 2.14. The third-order valence-electron chi connectivity index (χ3n) is 5.68. The molecule has 1 atom stereocenters. The molecule has 198 valence electrons. The lowest BCUT2D eigenvalue weighted by atomic mass is 10.1. The first-order chi connectivity index (χ1) is 18.2. The maximum absolute atomic E-state index is 13.9. The summed E-state index contributed by atoms with van der Waals surface area (Å²) in [6.07, 6.45) is 0.331. The molecule has 0 amide bonds. The Bertz CT molecular complexity index is 1380. The second kappa shape index (κ2) is 13.6. The monoisotopic (exact) mass is 525 g/mol. The van der Waals surface area contributed by atoms with Gasteiger partial charge in [0.2, 0.25) is 0 Å². The van der Waals surface area contributed by atoms with Crippen molar-refractivity contribution in [2.24, 2.45) is 5.92 Å². The van der Waals surface area contributed by atoms with Crippen LogP contribution in [-0.2, 0) is 6.54 Å². The molecule has 2 aromatic carbocycles. The van der Waals surface area contributed by atoms with Crippen LogP contribution in [-0.4, -0.2) is 34.0 Å². The summed E-state index contributed by atoms with van der Waals surface area (Å²) in [6, 6.07) is 17.0. The molecule has 0 saturated heterocycles. The lowest BCUT2D eigenvalue weighted by molar-refractivity contribution is 0.111. The van der Waals surface area contributed by atoms with Gasteiger partial charge in [0.1, 0.15) is 23.1 Å². The molecule has 4 rings (SSSR count). The molecule has 2 aromatic heterocycles. The normalized spacial score (nSPS) is 11.6. The van der Waals surface area contributed by atoms with Gasteiger partial charge in [0.05, 0.1) is 23.7 Å². The zero-order chi connectivity index (χ0) is 27.7. The molecule has 9 heteroatoms. The number of halogens is 4. The fourth-order valence-electron chi connectivity index (χ4n) is 3.50. The molecule has 38 heavy (non-hydrogen) atoms. The fourth-order valence-corrected chi connectivity index (χ4v) is 3.50. The molecule has 5 nitrogen and oxygen atoms in total. The predicted molar refractivity (Wildman–Crippen MR) is 137 cm³/mol. The molecule has 0 bridgehead atoms. The molecule has 2 heterocycles. The molecular formula is C29H27F4N3O2.